The molecule has 1 aromatic heterocycles. The van der Waals surface area contributed by atoms with Crippen molar-refractivity contribution in [3.05, 3.63) is 81.5 Å². The van der Waals surface area contributed by atoms with Crippen LogP contribution in [0.15, 0.2) is 60.0 Å². The number of hydrogen-bond acceptors (Lipinski definition) is 5. The molecule has 3 aromatic rings. The molecule has 0 saturated carbocycles. The minimum Gasteiger partial charge on any atom is -0.493 e. The van der Waals surface area contributed by atoms with Crippen molar-refractivity contribution in [2.45, 2.75) is 25.8 Å². The number of ether oxygens (including phenoxy) is 2. The molecule has 0 aliphatic rings. The van der Waals surface area contributed by atoms with Gasteiger partial charge in [0.15, 0.2) is 18.1 Å². The van der Waals surface area contributed by atoms with Gasteiger partial charge in [0.1, 0.15) is 0 Å². The molecule has 0 fully saturated rings. The largest absolute Gasteiger partial charge is 0.493 e. The summed E-state index contributed by atoms with van der Waals surface area (Å²) < 4.78 is 10.9. The first-order valence-corrected chi connectivity index (χ1v) is 10.6. The molecule has 1 amide bonds. The summed E-state index contributed by atoms with van der Waals surface area (Å²) in [6.07, 6.45) is 2.14. The number of nitrogens with zero attached hydrogens (tertiary/aromatic N) is 1. The fraction of sp³-hybridized carbons (Fsp3) is 0.250. The van der Waals surface area contributed by atoms with E-state index in [-0.39, 0.29) is 18.6 Å². The highest BCUT2D eigenvalue weighted by atomic mass is 32.1. The van der Waals surface area contributed by atoms with Gasteiger partial charge >= 0.3 is 0 Å². The maximum absolute atomic E-state index is 12.7. The van der Waals surface area contributed by atoms with Gasteiger partial charge in [-0.05, 0) is 41.1 Å². The molecule has 0 aliphatic carbocycles. The molecule has 5 nitrogen and oxygen atoms in total. The number of carbonyl (C=O) groups is 1. The smallest absolute Gasteiger partial charge is 0.258 e. The van der Waals surface area contributed by atoms with Crippen molar-refractivity contribution in [3.63, 3.8) is 0 Å². The highest BCUT2D eigenvalue weighted by molar-refractivity contribution is 7.10. The van der Waals surface area contributed by atoms with E-state index in [1.54, 1.807) is 29.5 Å². The van der Waals surface area contributed by atoms with Crippen LogP contribution in [0.4, 0.5) is 0 Å². The van der Waals surface area contributed by atoms with Gasteiger partial charge in [0, 0.05) is 10.9 Å². The number of nitriles is 1. The summed E-state index contributed by atoms with van der Waals surface area (Å²) in [7, 11) is 1.50. The van der Waals surface area contributed by atoms with E-state index in [1.807, 2.05) is 17.5 Å². The Kier molecular flexibility index (Phi) is 7.47. The molecule has 0 saturated heterocycles. The first kappa shape index (κ1) is 21.4. The van der Waals surface area contributed by atoms with Crippen LogP contribution in [0.3, 0.4) is 0 Å². The van der Waals surface area contributed by atoms with Gasteiger partial charge in [0.05, 0.1) is 24.8 Å². The minimum atomic E-state index is -0.238. The van der Waals surface area contributed by atoms with Gasteiger partial charge in [-0.2, -0.15) is 5.26 Å². The van der Waals surface area contributed by atoms with Crippen molar-refractivity contribution in [2.24, 2.45) is 0 Å². The predicted molar refractivity (Wildman–Crippen MR) is 118 cm³/mol. The van der Waals surface area contributed by atoms with Crippen LogP contribution in [0.25, 0.3) is 0 Å². The van der Waals surface area contributed by atoms with Crippen LogP contribution < -0.4 is 14.8 Å². The molecule has 3 rings (SSSR count). The third-order valence-electron chi connectivity index (χ3n) is 4.64. The molecular weight excluding hydrogens is 396 g/mol. The second kappa shape index (κ2) is 10.5. The SMILES string of the molecule is CCCc1ccc(C(NC(=O)COc2ccc(C#N)cc2OC)c2cccs2)cc1. The summed E-state index contributed by atoms with van der Waals surface area (Å²) in [4.78, 5) is 13.7. The van der Waals surface area contributed by atoms with Gasteiger partial charge in [-0.3, -0.25) is 4.79 Å². The van der Waals surface area contributed by atoms with E-state index in [0.717, 1.165) is 23.3 Å². The molecule has 1 heterocycles. The second-order valence-electron chi connectivity index (χ2n) is 6.77. The van der Waals surface area contributed by atoms with E-state index >= 15 is 0 Å². The number of carbonyl (C=O) groups excluding carboxylic acids is 1. The summed E-state index contributed by atoms with van der Waals surface area (Å²) in [5, 5.41) is 14.1. The summed E-state index contributed by atoms with van der Waals surface area (Å²) in [5.41, 5.74) is 2.78. The summed E-state index contributed by atoms with van der Waals surface area (Å²) >= 11 is 1.60. The molecule has 154 valence electrons. The Labute approximate surface area is 180 Å². The van der Waals surface area contributed by atoms with E-state index in [0.29, 0.717) is 17.1 Å². The number of nitrogens with one attached hydrogen (secondary N) is 1. The van der Waals surface area contributed by atoms with Crippen molar-refractivity contribution < 1.29 is 14.3 Å². The highest BCUT2D eigenvalue weighted by Gasteiger charge is 2.19. The summed E-state index contributed by atoms with van der Waals surface area (Å²) in [6.45, 7) is 2.00. The maximum atomic E-state index is 12.7. The molecule has 2 aromatic carbocycles. The Morgan fingerprint density at radius 1 is 1.17 bits per heavy atom. The molecule has 0 bridgehead atoms. The zero-order chi connectivity index (χ0) is 21.3. The molecule has 1 atom stereocenters. The maximum Gasteiger partial charge on any atom is 0.258 e. The number of aryl methyl sites for hydroxylation is 1. The lowest BCUT2D eigenvalue weighted by atomic mass is 10.0. The Morgan fingerprint density at radius 3 is 2.60 bits per heavy atom. The summed E-state index contributed by atoms with van der Waals surface area (Å²) in [5.74, 6) is 0.601. The molecule has 6 heteroatoms. The number of thiophene rings is 1. The summed E-state index contributed by atoms with van der Waals surface area (Å²) in [6, 6.07) is 19.0. The van der Waals surface area contributed by atoms with Gasteiger partial charge in [-0.25, -0.2) is 0 Å². The average Bonchev–Trinajstić information content (AvgIpc) is 3.31. The molecule has 0 aliphatic heterocycles. The Bertz CT molecular complexity index is 1010. The van der Waals surface area contributed by atoms with E-state index < -0.39 is 0 Å². The van der Waals surface area contributed by atoms with E-state index in [9.17, 15) is 4.79 Å². The zero-order valence-corrected chi connectivity index (χ0v) is 17.9. The molecular formula is C24H24N2O3S. The van der Waals surface area contributed by atoms with E-state index in [2.05, 4.69) is 42.6 Å². The van der Waals surface area contributed by atoms with Gasteiger partial charge in [-0.15, -0.1) is 11.3 Å². The van der Waals surface area contributed by atoms with Crippen LogP contribution in [-0.4, -0.2) is 19.6 Å². The number of rotatable bonds is 9. The van der Waals surface area contributed by atoms with E-state index in [1.165, 1.54) is 12.7 Å². The zero-order valence-electron chi connectivity index (χ0n) is 17.1. The Hall–Kier alpha value is -3.30. The topological polar surface area (TPSA) is 71.3 Å². The normalized spacial score (nSPS) is 11.4. The van der Waals surface area contributed by atoms with Crippen LogP contribution in [0.5, 0.6) is 11.5 Å². The van der Waals surface area contributed by atoms with Gasteiger partial charge < -0.3 is 14.8 Å². The number of hydrogen-bond donors (Lipinski definition) is 1. The predicted octanol–water partition coefficient (Wildman–Crippen LogP) is 4.87. The van der Waals surface area contributed by atoms with Crippen LogP contribution in [-0.2, 0) is 11.2 Å². The van der Waals surface area contributed by atoms with Crippen LogP contribution in [0.2, 0.25) is 0 Å². The molecule has 1 N–H and O–H groups in total. The van der Waals surface area contributed by atoms with Crippen molar-refractivity contribution in [2.75, 3.05) is 13.7 Å². The number of benzene rings is 2. The van der Waals surface area contributed by atoms with Crippen molar-refractivity contribution >= 4 is 17.2 Å². The van der Waals surface area contributed by atoms with E-state index in [4.69, 9.17) is 14.7 Å². The third-order valence-corrected chi connectivity index (χ3v) is 5.57. The third kappa shape index (κ3) is 5.40. The average molecular weight is 421 g/mol. The second-order valence-corrected chi connectivity index (χ2v) is 7.75. The molecule has 1 unspecified atom stereocenters. The first-order valence-electron chi connectivity index (χ1n) is 9.77. The lowest BCUT2D eigenvalue weighted by Crippen LogP contribution is -2.33. The van der Waals surface area contributed by atoms with Crippen molar-refractivity contribution in [1.29, 1.82) is 5.26 Å². The van der Waals surface area contributed by atoms with Crippen molar-refractivity contribution in [1.82, 2.24) is 5.32 Å². The quantitative estimate of drug-likeness (QED) is 0.536. The van der Waals surface area contributed by atoms with Gasteiger partial charge in [0.2, 0.25) is 0 Å². The fourth-order valence-electron chi connectivity index (χ4n) is 3.14. The van der Waals surface area contributed by atoms with Crippen molar-refractivity contribution in [3.8, 4) is 17.6 Å². The lowest BCUT2D eigenvalue weighted by Gasteiger charge is -2.19. The minimum absolute atomic E-state index is 0.155. The van der Waals surface area contributed by atoms with Gasteiger partial charge in [0.25, 0.3) is 5.91 Å². The lowest BCUT2D eigenvalue weighted by molar-refractivity contribution is -0.123. The molecule has 0 radical (unpaired) electrons. The van der Waals surface area contributed by atoms with Crippen LogP contribution in [0.1, 0.15) is 41.0 Å². The van der Waals surface area contributed by atoms with Crippen LogP contribution >= 0.6 is 11.3 Å². The Morgan fingerprint density at radius 2 is 1.97 bits per heavy atom. The fourth-order valence-corrected chi connectivity index (χ4v) is 3.94. The number of amides is 1. The van der Waals surface area contributed by atoms with Crippen LogP contribution in [0, 0.1) is 11.3 Å². The standard InChI is InChI=1S/C24H24N2O3S/c1-3-5-17-7-10-19(11-8-17)24(22-6-4-13-30-22)26-23(27)16-29-20-12-9-18(15-25)14-21(20)28-2/h4,6-14,24H,3,5,16H2,1-2H3,(H,26,27). The molecule has 30 heavy (non-hydrogen) atoms. The monoisotopic (exact) mass is 420 g/mol. The number of methoxy groups -OCH3 is 1. The molecule has 0 spiro atoms. The first-order chi connectivity index (χ1) is 14.6. The highest BCUT2D eigenvalue weighted by Crippen LogP contribution is 2.29. The Balaban J connectivity index is 1.71. The van der Waals surface area contributed by atoms with Gasteiger partial charge in [-0.1, -0.05) is 43.7 Å².